The van der Waals surface area contributed by atoms with Gasteiger partial charge in [0.05, 0.1) is 0 Å². The van der Waals surface area contributed by atoms with Crippen LogP contribution in [0.5, 0.6) is 0 Å². The Morgan fingerprint density at radius 3 is 2.86 bits per heavy atom. The molecule has 0 saturated heterocycles. The smallest absolute Gasteiger partial charge is 0.0117 e. The molecule has 0 rings (SSSR count). The third-order valence-electron chi connectivity index (χ3n) is 0.670. The molecule has 0 amide bonds. The molecule has 0 aliphatic carbocycles. The Hall–Kier alpha value is -0.440. The molecule has 0 spiro atoms. The van der Waals surface area contributed by atoms with Gasteiger partial charge in [0.25, 0.3) is 0 Å². The van der Waals surface area contributed by atoms with Crippen LogP contribution >= 0.6 is 0 Å². The third-order valence-corrected chi connectivity index (χ3v) is 0.670. The second-order valence-corrected chi connectivity index (χ2v) is 1.34. The van der Waals surface area contributed by atoms with Crippen LogP contribution < -0.4 is 0 Å². The number of rotatable bonds is 3. The van der Waals surface area contributed by atoms with Crippen molar-refractivity contribution in [2.75, 3.05) is 0 Å². The van der Waals surface area contributed by atoms with Gasteiger partial charge in [0, 0.05) is 6.42 Å². The highest BCUT2D eigenvalue weighted by atomic mass is 13.8. The van der Waals surface area contributed by atoms with Crippen LogP contribution in [0.2, 0.25) is 0 Å². The molecule has 0 unspecified atom stereocenters. The Labute approximate surface area is 45.9 Å². The molecule has 0 aromatic heterocycles. The lowest BCUT2D eigenvalue weighted by Crippen LogP contribution is -1.70. The number of hydrogen-bond donors (Lipinski definition) is 0. The van der Waals surface area contributed by atoms with E-state index in [1.807, 2.05) is 0 Å². The minimum absolute atomic E-state index is 0.787. The van der Waals surface area contributed by atoms with E-state index in [1.54, 1.807) is 0 Å². The fourth-order valence-electron chi connectivity index (χ4n) is 0.330. The van der Waals surface area contributed by atoms with Crippen molar-refractivity contribution >= 4 is 0 Å². The molecule has 0 fully saturated rings. The van der Waals surface area contributed by atoms with Crippen LogP contribution in [-0.2, 0) is 0 Å². The van der Waals surface area contributed by atoms with Gasteiger partial charge < -0.3 is 0 Å². The average Bonchev–Trinajstić information content (AvgIpc) is 1.69. The minimum atomic E-state index is 0.787. The summed E-state index contributed by atoms with van der Waals surface area (Å²) in [5.74, 6) is 2.52. The Morgan fingerprint density at radius 2 is 2.43 bits per heavy atom. The fourth-order valence-corrected chi connectivity index (χ4v) is 0.330. The summed E-state index contributed by atoms with van der Waals surface area (Å²) in [4.78, 5) is 0. The van der Waals surface area contributed by atoms with Crippen molar-refractivity contribution in [2.24, 2.45) is 0 Å². The molecule has 2 radical (unpaired) electrons. The highest BCUT2D eigenvalue weighted by molar-refractivity contribution is 4.90. The normalized spacial score (nSPS) is 8.00. The summed E-state index contributed by atoms with van der Waals surface area (Å²) < 4.78 is 0. The van der Waals surface area contributed by atoms with Gasteiger partial charge in [0.15, 0.2) is 0 Å². The number of unbranched alkanes of at least 4 members (excludes halogenated alkanes) is 3. The lowest BCUT2D eigenvalue weighted by atomic mass is 10.2. The first kappa shape index (κ1) is 6.56. The summed E-state index contributed by atoms with van der Waals surface area (Å²) in [6, 6.07) is 0. The number of hydrogen-bond acceptors (Lipinski definition) is 0. The molecule has 0 N–H and O–H groups in total. The zero-order valence-electron chi connectivity index (χ0n) is 4.48. The maximum Gasteiger partial charge on any atom is 0.0117 e. The van der Waals surface area contributed by atoms with Crippen molar-refractivity contribution in [3.8, 4) is 12.3 Å². The second-order valence-electron chi connectivity index (χ2n) is 1.34. The van der Waals surface area contributed by atoms with Crippen LogP contribution in [0.15, 0.2) is 0 Å². The monoisotopic (exact) mass is 94.1 g/mol. The van der Waals surface area contributed by atoms with Crippen molar-refractivity contribution in [2.45, 2.75) is 19.3 Å². The topological polar surface area (TPSA) is 0 Å². The van der Waals surface area contributed by atoms with Gasteiger partial charge in [-0.15, -0.1) is 12.3 Å². The molecular weight excluding hydrogens is 84.1 g/mol. The zero-order valence-corrected chi connectivity index (χ0v) is 4.48. The molecule has 38 valence electrons. The van der Waals surface area contributed by atoms with E-state index in [0.717, 1.165) is 19.3 Å². The summed E-state index contributed by atoms with van der Waals surface area (Å²) >= 11 is 0. The molecule has 0 aromatic carbocycles. The molecule has 0 atom stereocenters. The van der Waals surface area contributed by atoms with Crippen molar-refractivity contribution < 1.29 is 0 Å². The van der Waals surface area contributed by atoms with Crippen LogP contribution in [-0.4, -0.2) is 0 Å². The molecule has 0 bridgehead atoms. The van der Waals surface area contributed by atoms with Crippen molar-refractivity contribution in [3.05, 3.63) is 13.3 Å². The Kier molecular flexibility index (Phi) is 5.21. The predicted molar refractivity (Wildman–Crippen MR) is 32.3 cm³/mol. The van der Waals surface area contributed by atoms with Gasteiger partial charge in [-0.2, -0.15) is 0 Å². The lowest BCUT2D eigenvalue weighted by molar-refractivity contribution is 0.941. The molecule has 0 saturated carbocycles. The molecular formula is C7H10. The van der Waals surface area contributed by atoms with Crippen LogP contribution in [0.25, 0.3) is 0 Å². The van der Waals surface area contributed by atoms with E-state index in [2.05, 4.69) is 19.3 Å². The van der Waals surface area contributed by atoms with E-state index in [4.69, 9.17) is 6.42 Å². The summed E-state index contributed by atoms with van der Waals surface area (Å²) in [7, 11) is 0. The fraction of sp³-hybridized carbons (Fsp3) is 0.429. The average molecular weight is 94.2 g/mol. The third kappa shape index (κ3) is 5.56. The van der Waals surface area contributed by atoms with E-state index in [0.29, 0.717) is 0 Å². The van der Waals surface area contributed by atoms with Crippen molar-refractivity contribution in [1.29, 1.82) is 0 Å². The lowest BCUT2D eigenvalue weighted by Gasteiger charge is -1.85. The van der Waals surface area contributed by atoms with E-state index < -0.39 is 0 Å². The van der Waals surface area contributed by atoms with Crippen molar-refractivity contribution in [1.82, 2.24) is 0 Å². The van der Waals surface area contributed by atoms with Gasteiger partial charge in [0.1, 0.15) is 0 Å². The van der Waals surface area contributed by atoms with E-state index in [-0.39, 0.29) is 0 Å². The molecule has 0 aliphatic rings. The van der Waals surface area contributed by atoms with Gasteiger partial charge >= 0.3 is 0 Å². The molecule has 0 heterocycles. The first-order valence-electron chi connectivity index (χ1n) is 2.46. The highest BCUT2D eigenvalue weighted by Crippen LogP contribution is 1.93. The number of terminal acetylenes is 1. The Morgan fingerprint density at radius 1 is 1.71 bits per heavy atom. The Balaban J connectivity index is 2.60. The predicted octanol–water partition coefficient (Wildman–Crippen LogP) is 1.83. The SMILES string of the molecule is C#CC[CH]CC[CH2]. The maximum atomic E-state index is 4.97. The van der Waals surface area contributed by atoms with Crippen LogP contribution in [0.3, 0.4) is 0 Å². The second kappa shape index (κ2) is 5.56. The zero-order chi connectivity index (χ0) is 5.54. The van der Waals surface area contributed by atoms with Crippen LogP contribution in [0.4, 0.5) is 0 Å². The van der Waals surface area contributed by atoms with E-state index >= 15 is 0 Å². The minimum Gasteiger partial charge on any atom is -0.120 e. The van der Waals surface area contributed by atoms with Crippen molar-refractivity contribution in [3.63, 3.8) is 0 Å². The maximum absolute atomic E-state index is 4.97. The first-order valence-corrected chi connectivity index (χ1v) is 2.46. The summed E-state index contributed by atoms with van der Waals surface area (Å²) in [6.45, 7) is 3.66. The summed E-state index contributed by atoms with van der Waals surface area (Å²) in [5, 5.41) is 0. The summed E-state index contributed by atoms with van der Waals surface area (Å²) in [6.07, 6.45) is 9.82. The van der Waals surface area contributed by atoms with E-state index in [9.17, 15) is 0 Å². The molecule has 0 nitrogen and oxygen atoms in total. The largest absolute Gasteiger partial charge is 0.120 e. The Bertz CT molecular complexity index is 56.9. The molecule has 7 heavy (non-hydrogen) atoms. The van der Waals surface area contributed by atoms with Crippen LogP contribution in [0, 0.1) is 25.7 Å². The first-order chi connectivity index (χ1) is 3.41. The van der Waals surface area contributed by atoms with Gasteiger partial charge in [-0.1, -0.05) is 13.3 Å². The van der Waals surface area contributed by atoms with Gasteiger partial charge in [-0.25, -0.2) is 0 Å². The highest BCUT2D eigenvalue weighted by Gasteiger charge is 1.78. The van der Waals surface area contributed by atoms with Gasteiger partial charge in [-0.3, -0.25) is 0 Å². The van der Waals surface area contributed by atoms with E-state index in [1.165, 1.54) is 0 Å². The molecule has 0 aliphatic heterocycles. The van der Waals surface area contributed by atoms with Gasteiger partial charge in [-0.05, 0) is 12.8 Å². The quantitative estimate of drug-likeness (QED) is 0.369. The van der Waals surface area contributed by atoms with Crippen LogP contribution in [0.1, 0.15) is 19.3 Å². The molecule has 0 aromatic rings. The molecule has 0 heteroatoms. The standard InChI is InChI=1S/C7H10/c1-3-5-7-6-4-2/h1,7H,2,4-6H2. The summed E-state index contributed by atoms with van der Waals surface area (Å²) in [5.41, 5.74) is 0. The van der Waals surface area contributed by atoms with Gasteiger partial charge in [0.2, 0.25) is 0 Å².